The molecule has 6 atom stereocenters. The lowest BCUT2D eigenvalue weighted by Crippen LogP contribution is -2.61. The van der Waals surface area contributed by atoms with Crippen molar-refractivity contribution < 1.29 is 34.7 Å². The zero-order valence-corrected chi connectivity index (χ0v) is 19.0. The summed E-state index contributed by atoms with van der Waals surface area (Å²) in [7, 11) is 1.80. The predicted molar refractivity (Wildman–Crippen MR) is 122 cm³/mol. The van der Waals surface area contributed by atoms with E-state index in [2.05, 4.69) is 53.8 Å². The van der Waals surface area contributed by atoms with Crippen molar-refractivity contribution >= 4 is 5.97 Å². The van der Waals surface area contributed by atoms with E-state index < -0.39 is 42.8 Å². The third-order valence-corrected chi connectivity index (χ3v) is 7.71. The smallest absolute Gasteiger partial charge is 0.335 e. The van der Waals surface area contributed by atoms with Gasteiger partial charge in [0.05, 0.1) is 6.10 Å². The summed E-state index contributed by atoms with van der Waals surface area (Å²) >= 11 is 0. The number of carboxylic acids is 1. The molecular formula is C26H31NO7. The van der Waals surface area contributed by atoms with Gasteiger partial charge in [-0.05, 0) is 48.6 Å². The van der Waals surface area contributed by atoms with Gasteiger partial charge in [0, 0.05) is 17.9 Å². The monoisotopic (exact) mass is 469 g/mol. The molecule has 0 amide bonds. The summed E-state index contributed by atoms with van der Waals surface area (Å²) in [5, 5.41) is 43.3. The zero-order chi connectivity index (χ0) is 24.0. The Morgan fingerprint density at radius 3 is 2.26 bits per heavy atom. The normalized spacial score (nSPS) is 34.8. The van der Waals surface area contributed by atoms with Crippen LogP contribution < -0.4 is 5.32 Å². The summed E-state index contributed by atoms with van der Waals surface area (Å²) in [5.74, 6) is -1.06. The number of ether oxygens (including phenoxy) is 2. The summed E-state index contributed by atoms with van der Waals surface area (Å²) in [6, 6.07) is 17.0. The van der Waals surface area contributed by atoms with E-state index in [0.29, 0.717) is 18.9 Å². The lowest BCUT2D eigenvalue weighted by atomic mass is 9.53. The maximum atomic E-state index is 11.5. The fraction of sp³-hybridized carbons (Fsp3) is 0.500. The van der Waals surface area contributed by atoms with Gasteiger partial charge >= 0.3 is 5.97 Å². The Bertz CT molecular complexity index is 1010. The minimum Gasteiger partial charge on any atom is -0.479 e. The Morgan fingerprint density at radius 2 is 1.68 bits per heavy atom. The van der Waals surface area contributed by atoms with E-state index in [9.17, 15) is 25.2 Å². The van der Waals surface area contributed by atoms with Crippen molar-refractivity contribution in [3.8, 4) is 0 Å². The minimum absolute atomic E-state index is 0.298. The number of likely N-dealkylation sites (N-methyl/N-ethyl adjacent to an activating group) is 1. The van der Waals surface area contributed by atoms with Crippen molar-refractivity contribution in [3.05, 3.63) is 70.8 Å². The highest BCUT2D eigenvalue weighted by Crippen LogP contribution is 2.58. The molecule has 1 fully saturated rings. The number of benzene rings is 2. The molecule has 0 spiro atoms. The highest BCUT2D eigenvalue weighted by Gasteiger charge is 2.51. The molecule has 8 nitrogen and oxygen atoms in total. The quantitative estimate of drug-likeness (QED) is 0.408. The molecule has 3 aliphatic carbocycles. The molecule has 34 heavy (non-hydrogen) atoms. The van der Waals surface area contributed by atoms with Gasteiger partial charge in [-0.3, -0.25) is 0 Å². The first kappa shape index (κ1) is 23.4. The number of nitrogens with one attached hydrogen (secondary N) is 1. The zero-order valence-electron chi connectivity index (χ0n) is 19.0. The van der Waals surface area contributed by atoms with Gasteiger partial charge in [0.1, 0.15) is 18.3 Å². The van der Waals surface area contributed by atoms with Crippen LogP contribution in [-0.2, 0) is 19.7 Å². The summed E-state index contributed by atoms with van der Waals surface area (Å²) in [6.07, 6.45) is -6.01. The van der Waals surface area contributed by atoms with Crippen molar-refractivity contribution in [1.29, 1.82) is 0 Å². The predicted octanol–water partition coefficient (Wildman–Crippen LogP) is 1.10. The Balaban J connectivity index is 1.48. The molecule has 1 aliphatic heterocycles. The maximum Gasteiger partial charge on any atom is 0.335 e. The van der Waals surface area contributed by atoms with E-state index in [4.69, 9.17) is 9.47 Å². The van der Waals surface area contributed by atoms with Crippen LogP contribution in [0.3, 0.4) is 0 Å². The van der Waals surface area contributed by atoms with Gasteiger partial charge in [0.25, 0.3) is 0 Å². The molecule has 1 heterocycles. The van der Waals surface area contributed by atoms with Crippen LogP contribution in [0.15, 0.2) is 48.5 Å². The van der Waals surface area contributed by atoms with Gasteiger partial charge in [0.15, 0.2) is 12.4 Å². The Morgan fingerprint density at radius 1 is 1.06 bits per heavy atom. The summed E-state index contributed by atoms with van der Waals surface area (Å²) in [6.45, 7) is 0.429. The second kappa shape index (κ2) is 9.03. The van der Waals surface area contributed by atoms with Crippen molar-refractivity contribution in [2.45, 2.75) is 67.4 Å². The number of carbonyl (C=O) groups is 1. The largest absolute Gasteiger partial charge is 0.479 e. The number of hydrogen-bond donors (Lipinski definition) is 5. The molecule has 2 aromatic rings. The number of fused-ring (bicyclic) bond motifs is 1. The van der Waals surface area contributed by atoms with Crippen molar-refractivity contribution in [3.63, 3.8) is 0 Å². The summed E-state index contributed by atoms with van der Waals surface area (Å²) in [4.78, 5) is 11.5. The van der Waals surface area contributed by atoms with Gasteiger partial charge in [-0.2, -0.15) is 0 Å². The second-order valence-corrected chi connectivity index (χ2v) is 9.60. The number of carboxylic acid groups (broad SMARTS) is 1. The van der Waals surface area contributed by atoms with Crippen LogP contribution in [0.5, 0.6) is 0 Å². The van der Waals surface area contributed by atoms with E-state index in [-0.39, 0.29) is 5.41 Å². The van der Waals surface area contributed by atoms with Crippen LogP contribution >= 0.6 is 0 Å². The van der Waals surface area contributed by atoms with Crippen LogP contribution in [0.4, 0.5) is 0 Å². The Hall–Kier alpha value is -2.33. The molecule has 0 aromatic heterocycles. The molecular weight excluding hydrogens is 438 g/mol. The van der Waals surface area contributed by atoms with Crippen molar-refractivity contribution in [2.75, 3.05) is 13.6 Å². The molecule has 0 saturated carbocycles. The lowest BCUT2D eigenvalue weighted by molar-refractivity contribution is -0.304. The first-order valence-electron chi connectivity index (χ1n) is 11.8. The number of aliphatic hydroxyl groups is 3. The molecule has 8 heteroatoms. The Labute approximate surface area is 198 Å². The van der Waals surface area contributed by atoms with E-state index in [1.165, 1.54) is 22.3 Å². The number of rotatable bonds is 7. The van der Waals surface area contributed by atoms with Crippen LogP contribution in [0.2, 0.25) is 0 Å². The minimum atomic E-state index is -1.75. The SMILES string of the molecule is CNCC(CC12CCC(c3ccccc31)c1ccccc12)OC1O[C@H](C(=O)O)[C@@H](O)[C@H](O)[C@H]1O. The summed E-state index contributed by atoms with van der Waals surface area (Å²) in [5.41, 5.74) is 4.91. The van der Waals surface area contributed by atoms with Gasteiger partial charge in [-0.1, -0.05) is 48.5 Å². The fourth-order valence-electron chi connectivity index (χ4n) is 6.22. The molecule has 6 rings (SSSR count). The first-order chi connectivity index (χ1) is 16.4. The molecule has 0 radical (unpaired) electrons. The van der Waals surface area contributed by atoms with E-state index in [1.807, 2.05) is 0 Å². The van der Waals surface area contributed by atoms with Gasteiger partial charge in [-0.15, -0.1) is 0 Å². The molecule has 2 unspecified atom stereocenters. The highest BCUT2D eigenvalue weighted by molar-refractivity contribution is 5.73. The lowest BCUT2D eigenvalue weighted by Gasteiger charge is -2.51. The first-order valence-corrected chi connectivity index (χ1v) is 11.8. The topological polar surface area (TPSA) is 128 Å². The molecule has 2 aromatic carbocycles. The van der Waals surface area contributed by atoms with E-state index in [1.54, 1.807) is 7.05 Å². The average Bonchev–Trinajstić information content (AvgIpc) is 2.85. The highest BCUT2D eigenvalue weighted by atomic mass is 16.7. The summed E-state index contributed by atoms with van der Waals surface area (Å²) < 4.78 is 11.6. The molecule has 5 N–H and O–H groups in total. The van der Waals surface area contributed by atoms with Gasteiger partial charge in [0.2, 0.25) is 0 Å². The maximum absolute atomic E-state index is 11.5. The molecule has 182 valence electrons. The number of hydrogen-bond acceptors (Lipinski definition) is 7. The Kier molecular flexibility index (Phi) is 6.22. The van der Waals surface area contributed by atoms with Crippen LogP contribution in [0, 0.1) is 0 Å². The third-order valence-electron chi connectivity index (χ3n) is 7.71. The van der Waals surface area contributed by atoms with Gasteiger partial charge < -0.3 is 35.2 Å². The average molecular weight is 470 g/mol. The molecule has 1 saturated heterocycles. The van der Waals surface area contributed by atoms with Gasteiger partial charge in [-0.25, -0.2) is 4.79 Å². The van der Waals surface area contributed by atoms with Crippen molar-refractivity contribution in [2.24, 2.45) is 0 Å². The van der Waals surface area contributed by atoms with Crippen LogP contribution in [0.25, 0.3) is 0 Å². The van der Waals surface area contributed by atoms with Crippen LogP contribution in [0.1, 0.15) is 47.4 Å². The van der Waals surface area contributed by atoms with E-state index in [0.717, 1.165) is 12.8 Å². The van der Waals surface area contributed by atoms with Crippen LogP contribution in [-0.4, -0.2) is 76.8 Å². The fourth-order valence-corrected chi connectivity index (χ4v) is 6.22. The third kappa shape index (κ3) is 3.66. The molecule has 4 aliphatic rings. The number of aliphatic hydroxyl groups excluding tert-OH is 3. The standard InChI is InChI=1S/C26H31NO7/c1-27-13-14(33-25-22(30)20(28)21(29)23(34-25)24(31)32)12-26-11-10-15(16-6-2-4-8-18(16)26)17-7-3-5-9-19(17)26/h2-9,14-15,20-23,25,27-30H,10-13H2,1H3,(H,31,32)/t14?,15?,20-,21-,22+,23-,25?,26?/m0/s1. The second-order valence-electron chi connectivity index (χ2n) is 9.60. The van der Waals surface area contributed by atoms with Crippen molar-refractivity contribution in [1.82, 2.24) is 5.32 Å². The van der Waals surface area contributed by atoms with E-state index >= 15 is 0 Å². The molecule has 2 bridgehead atoms. The number of aliphatic carboxylic acids is 1.